The second-order valence-electron chi connectivity index (χ2n) is 5.67. The third-order valence-electron chi connectivity index (χ3n) is 3.90. The Labute approximate surface area is 116 Å². The van der Waals surface area contributed by atoms with E-state index in [1.807, 2.05) is 6.92 Å². The Kier molecular flexibility index (Phi) is 6.11. The lowest BCUT2D eigenvalue weighted by Crippen LogP contribution is -2.40. The average molecular weight is 269 g/mol. The Bertz CT molecular complexity index is 273. The highest BCUT2D eigenvalue weighted by molar-refractivity contribution is 5.75. The molecule has 19 heavy (non-hydrogen) atoms. The quantitative estimate of drug-likeness (QED) is 0.687. The molecular formula is C15H27NO3. The number of nitrogens with one attached hydrogen (secondary N) is 1. The zero-order valence-corrected chi connectivity index (χ0v) is 12.0. The zero-order chi connectivity index (χ0) is 13.5. The highest BCUT2D eigenvalue weighted by Crippen LogP contribution is 2.22. The maximum atomic E-state index is 11.8. The van der Waals surface area contributed by atoms with E-state index >= 15 is 0 Å². The van der Waals surface area contributed by atoms with Gasteiger partial charge in [0.1, 0.15) is 6.04 Å². The van der Waals surface area contributed by atoms with Crippen LogP contribution in [0.2, 0.25) is 0 Å². The fraction of sp³-hybridized carbons (Fsp3) is 0.933. The maximum absolute atomic E-state index is 11.8. The van der Waals surface area contributed by atoms with E-state index in [-0.39, 0.29) is 12.0 Å². The van der Waals surface area contributed by atoms with Crippen molar-refractivity contribution in [3.05, 3.63) is 0 Å². The molecule has 4 nitrogen and oxygen atoms in total. The van der Waals surface area contributed by atoms with Gasteiger partial charge in [-0.15, -0.1) is 0 Å². The van der Waals surface area contributed by atoms with Crippen molar-refractivity contribution in [2.45, 2.75) is 76.5 Å². The fourth-order valence-corrected chi connectivity index (χ4v) is 2.63. The molecule has 110 valence electrons. The molecule has 0 radical (unpaired) electrons. The lowest BCUT2D eigenvalue weighted by Gasteiger charge is -2.23. The molecule has 0 spiro atoms. The third-order valence-corrected chi connectivity index (χ3v) is 3.90. The normalized spacial score (nSPS) is 22.2. The highest BCUT2D eigenvalue weighted by Gasteiger charge is 2.29. The minimum absolute atomic E-state index is 0.123. The molecule has 1 N–H and O–H groups in total. The smallest absolute Gasteiger partial charge is 0.323 e. The Balaban J connectivity index is 1.67. The summed E-state index contributed by atoms with van der Waals surface area (Å²) in [7, 11) is 0. The molecule has 2 saturated carbocycles. The van der Waals surface area contributed by atoms with E-state index in [4.69, 9.17) is 9.47 Å². The molecule has 2 aliphatic carbocycles. The van der Waals surface area contributed by atoms with E-state index in [2.05, 4.69) is 5.32 Å². The number of carbonyl (C=O) groups excluding carboxylic acids is 1. The van der Waals surface area contributed by atoms with Crippen molar-refractivity contribution in [2.75, 3.05) is 13.2 Å². The van der Waals surface area contributed by atoms with Gasteiger partial charge in [-0.25, -0.2) is 0 Å². The summed E-state index contributed by atoms with van der Waals surface area (Å²) in [6.45, 7) is 2.96. The van der Waals surface area contributed by atoms with Crippen molar-refractivity contribution in [3.63, 3.8) is 0 Å². The summed E-state index contributed by atoms with van der Waals surface area (Å²) in [6.07, 6.45) is 9.77. The van der Waals surface area contributed by atoms with Crippen LogP contribution in [0.15, 0.2) is 0 Å². The number of hydrogen-bond donors (Lipinski definition) is 1. The second kappa shape index (κ2) is 7.85. The molecule has 0 amide bonds. The third kappa shape index (κ3) is 5.49. The first-order chi connectivity index (χ1) is 9.29. The van der Waals surface area contributed by atoms with Crippen molar-refractivity contribution >= 4 is 5.97 Å². The van der Waals surface area contributed by atoms with Crippen LogP contribution in [0.5, 0.6) is 0 Å². The van der Waals surface area contributed by atoms with Gasteiger partial charge >= 0.3 is 5.97 Å². The minimum atomic E-state index is -0.184. The van der Waals surface area contributed by atoms with Crippen molar-refractivity contribution in [2.24, 2.45) is 0 Å². The highest BCUT2D eigenvalue weighted by atomic mass is 16.5. The Morgan fingerprint density at radius 2 is 1.95 bits per heavy atom. The topological polar surface area (TPSA) is 47.6 Å². The lowest BCUT2D eigenvalue weighted by atomic mass is 9.98. The first kappa shape index (κ1) is 14.8. The van der Waals surface area contributed by atoms with Gasteiger partial charge in [-0.05, 0) is 39.0 Å². The van der Waals surface area contributed by atoms with Gasteiger partial charge in [0.05, 0.1) is 12.7 Å². The van der Waals surface area contributed by atoms with Gasteiger partial charge in [0.25, 0.3) is 0 Å². The van der Waals surface area contributed by atoms with Gasteiger partial charge < -0.3 is 14.8 Å². The van der Waals surface area contributed by atoms with Crippen LogP contribution in [0.25, 0.3) is 0 Å². The zero-order valence-electron chi connectivity index (χ0n) is 12.0. The molecule has 0 aromatic carbocycles. The molecule has 2 fully saturated rings. The number of esters is 1. The number of ether oxygens (including phenoxy) is 2. The SMILES string of the molecule is CCOC(=O)C(CCOC1CCCCC1)NC1CC1. The van der Waals surface area contributed by atoms with Crippen LogP contribution < -0.4 is 5.32 Å². The molecule has 2 aliphatic rings. The predicted molar refractivity (Wildman–Crippen MR) is 74.0 cm³/mol. The van der Waals surface area contributed by atoms with Gasteiger partial charge in [-0.2, -0.15) is 0 Å². The molecule has 1 unspecified atom stereocenters. The van der Waals surface area contributed by atoms with Crippen LogP contribution in [0, 0.1) is 0 Å². The standard InChI is InChI=1S/C15H27NO3/c1-2-18-15(17)14(16-12-8-9-12)10-11-19-13-6-4-3-5-7-13/h12-14,16H,2-11H2,1H3. The van der Waals surface area contributed by atoms with Gasteiger partial charge in [-0.3, -0.25) is 4.79 Å². The van der Waals surface area contributed by atoms with Gasteiger partial charge in [0.15, 0.2) is 0 Å². The summed E-state index contributed by atoms with van der Waals surface area (Å²) in [4.78, 5) is 11.8. The van der Waals surface area contributed by atoms with Crippen LogP contribution in [-0.2, 0) is 14.3 Å². The Morgan fingerprint density at radius 1 is 1.21 bits per heavy atom. The van der Waals surface area contributed by atoms with Crippen molar-refractivity contribution < 1.29 is 14.3 Å². The predicted octanol–water partition coefficient (Wildman–Crippen LogP) is 2.41. The molecule has 0 aromatic heterocycles. The van der Waals surface area contributed by atoms with Crippen molar-refractivity contribution in [3.8, 4) is 0 Å². The maximum Gasteiger partial charge on any atom is 0.323 e. The molecular weight excluding hydrogens is 242 g/mol. The van der Waals surface area contributed by atoms with Gasteiger partial charge in [-0.1, -0.05) is 19.3 Å². The molecule has 0 aromatic rings. The number of hydrogen-bond acceptors (Lipinski definition) is 4. The largest absolute Gasteiger partial charge is 0.465 e. The van der Waals surface area contributed by atoms with E-state index in [1.165, 1.54) is 44.9 Å². The Morgan fingerprint density at radius 3 is 2.58 bits per heavy atom. The first-order valence-electron chi connectivity index (χ1n) is 7.84. The van der Waals surface area contributed by atoms with Crippen molar-refractivity contribution in [1.29, 1.82) is 0 Å². The lowest BCUT2D eigenvalue weighted by molar-refractivity contribution is -0.146. The van der Waals surface area contributed by atoms with Crippen LogP contribution in [0.3, 0.4) is 0 Å². The number of carbonyl (C=O) groups is 1. The molecule has 1 atom stereocenters. The summed E-state index contributed by atoms with van der Waals surface area (Å²) < 4.78 is 11.0. The molecule has 0 saturated heterocycles. The summed E-state index contributed by atoms with van der Waals surface area (Å²) in [5.74, 6) is -0.123. The van der Waals surface area contributed by atoms with E-state index in [1.54, 1.807) is 0 Å². The minimum Gasteiger partial charge on any atom is -0.465 e. The van der Waals surface area contributed by atoms with Gasteiger partial charge in [0.2, 0.25) is 0 Å². The van der Waals surface area contributed by atoms with E-state index in [0.717, 1.165) is 6.42 Å². The van der Waals surface area contributed by atoms with Crippen LogP contribution in [0.1, 0.15) is 58.3 Å². The summed E-state index contributed by atoms with van der Waals surface area (Å²) in [6, 6.07) is 0.333. The molecule has 4 heteroatoms. The van der Waals surface area contributed by atoms with Crippen LogP contribution >= 0.6 is 0 Å². The molecule has 0 heterocycles. The number of rotatable bonds is 8. The fourth-order valence-electron chi connectivity index (χ4n) is 2.63. The van der Waals surface area contributed by atoms with E-state index in [9.17, 15) is 4.79 Å². The summed E-state index contributed by atoms with van der Waals surface area (Å²) >= 11 is 0. The molecule has 0 aliphatic heterocycles. The molecule has 2 rings (SSSR count). The Hall–Kier alpha value is -0.610. The first-order valence-corrected chi connectivity index (χ1v) is 7.84. The van der Waals surface area contributed by atoms with Crippen LogP contribution in [0.4, 0.5) is 0 Å². The summed E-state index contributed by atoms with van der Waals surface area (Å²) in [5.41, 5.74) is 0. The second-order valence-corrected chi connectivity index (χ2v) is 5.67. The average Bonchev–Trinajstić information content (AvgIpc) is 3.23. The van der Waals surface area contributed by atoms with E-state index in [0.29, 0.717) is 25.4 Å². The van der Waals surface area contributed by atoms with Crippen molar-refractivity contribution in [1.82, 2.24) is 5.32 Å². The molecule has 0 bridgehead atoms. The van der Waals surface area contributed by atoms with Crippen LogP contribution in [-0.4, -0.2) is 37.4 Å². The van der Waals surface area contributed by atoms with Gasteiger partial charge in [0, 0.05) is 12.6 Å². The monoisotopic (exact) mass is 269 g/mol. The van der Waals surface area contributed by atoms with E-state index < -0.39 is 0 Å². The summed E-state index contributed by atoms with van der Waals surface area (Å²) in [5, 5.41) is 3.36.